The van der Waals surface area contributed by atoms with E-state index in [0.29, 0.717) is 6.04 Å². The number of alkyl halides is 1. The minimum absolute atomic E-state index is 0.0122. The maximum atomic E-state index is 6.22. The van der Waals surface area contributed by atoms with Gasteiger partial charge in [0.25, 0.3) is 0 Å². The van der Waals surface area contributed by atoms with Crippen LogP contribution in [0.4, 0.5) is 5.69 Å². The number of ether oxygens (including phenoxy) is 1. The van der Waals surface area contributed by atoms with Crippen LogP contribution in [0.5, 0.6) is 0 Å². The minimum Gasteiger partial charge on any atom is -0.382 e. The highest BCUT2D eigenvalue weighted by molar-refractivity contribution is 6.21. The summed E-state index contributed by atoms with van der Waals surface area (Å²) in [4.78, 5) is 2.46. The smallest absolute Gasteiger partial charge is 0.0874 e. The van der Waals surface area contributed by atoms with Crippen LogP contribution in [0.1, 0.15) is 31.7 Å². The van der Waals surface area contributed by atoms with Crippen LogP contribution < -0.4 is 5.32 Å². The van der Waals surface area contributed by atoms with E-state index in [1.807, 2.05) is 19.1 Å². The van der Waals surface area contributed by atoms with Crippen LogP contribution >= 0.6 is 11.6 Å². The van der Waals surface area contributed by atoms with Crippen molar-refractivity contribution in [1.82, 2.24) is 4.90 Å². The summed E-state index contributed by atoms with van der Waals surface area (Å²) in [6.07, 6.45) is 0.241. The average molecular weight is 297 g/mol. The normalized spacial score (nSPS) is 21.9. The quantitative estimate of drug-likeness (QED) is 0.842. The molecule has 1 aromatic carbocycles. The third kappa shape index (κ3) is 4.11. The van der Waals surface area contributed by atoms with Gasteiger partial charge >= 0.3 is 0 Å². The second-order valence-electron chi connectivity index (χ2n) is 5.67. The Morgan fingerprint density at radius 2 is 2.10 bits per heavy atom. The summed E-state index contributed by atoms with van der Waals surface area (Å²) in [6.45, 7) is 10.1. The number of anilines is 1. The van der Waals surface area contributed by atoms with Gasteiger partial charge in [0, 0.05) is 31.4 Å². The fraction of sp³-hybridized carbons (Fsp3) is 0.625. The Bertz CT molecular complexity index is 423. The topological polar surface area (TPSA) is 24.5 Å². The lowest BCUT2D eigenvalue weighted by Crippen LogP contribution is -2.48. The van der Waals surface area contributed by atoms with Crippen LogP contribution in [0.3, 0.4) is 0 Å². The van der Waals surface area contributed by atoms with Crippen molar-refractivity contribution in [2.45, 2.75) is 38.3 Å². The molecule has 0 bridgehead atoms. The van der Waals surface area contributed by atoms with Gasteiger partial charge in [-0.2, -0.15) is 0 Å². The lowest BCUT2D eigenvalue weighted by molar-refractivity contribution is -0.0315. The molecule has 1 saturated heterocycles. The van der Waals surface area contributed by atoms with E-state index in [1.54, 1.807) is 0 Å². The van der Waals surface area contributed by atoms with Crippen LogP contribution in [0.2, 0.25) is 0 Å². The van der Waals surface area contributed by atoms with Crippen LogP contribution in [-0.4, -0.2) is 43.3 Å². The summed E-state index contributed by atoms with van der Waals surface area (Å²) in [5, 5.41) is 3.50. The number of halogens is 1. The lowest BCUT2D eigenvalue weighted by Gasteiger charge is -2.35. The molecule has 1 aliphatic heterocycles. The van der Waals surface area contributed by atoms with Crippen LogP contribution in [0.15, 0.2) is 24.3 Å². The fourth-order valence-electron chi connectivity index (χ4n) is 2.56. The lowest BCUT2D eigenvalue weighted by atomic mass is 10.1. The SMILES string of the molecule is CC(Cl)c1ccccc1NCC1CN(C(C)C)CCO1. The molecule has 2 atom stereocenters. The number of rotatable bonds is 5. The molecule has 2 unspecified atom stereocenters. The van der Waals surface area contributed by atoms with E-state index >= 15 is 0 Å². The summed E-state index contributed by atoms with van der Waals surface area (Å²) in [5.41, 5.74) is 2.26. The number of hydrogen-bond acceptors (Lipinski definition) is 3. The van der Waals surface area contributed by atoms with Crippen molar-refractivity contribution in [2.75, 3.05) is 31.6 Å². The molecule has 4 heteroatoms. The number of benzene rings is 1. The van der Waals surface area contributed by atoms with Gasteiger partial charge in [-0.15, -0.1) is 11.6 Å². The molecule has 0 amide bonds. The third-order valence-corrected chi connectivity index (χ3v) is 4.05. The van der Waals surface area contributed by atoms with Gasteiger partial charge in [0.2, 0.25) is 0 Å². The van der Waals surface area contributed by atoms with Crippen LogP contribution in [0, 0.1) is 0 Å². The van der Waals surface area contributed by atoms with Crippen LogP contribution in [0.25, 0.3) is 0 Å². The molecule has 1 N–H and O–H groups in total. The zero-order valence-corrected chi connectivity index (χ0v) is 13.4. The molecule has 20 heavy (non-hydrogen) atoms. The van der Waals surface area contributed by atoms with Crippen molar-refractivity contribution in [3.8, 4) is 0 Å². The van der Waals surface area contributed by atoms with Gasteiger partial charge in [-0.25, -0.2) is 0 Å². The first-order valence-electron chi connectivity index (χ1n) is 7.40. The number of hydrogen-bond donors (Lipinski definition) is 1. The van der Waals surface area contributed by atoms with Crippen molar-refractivity contribution < 1.29 is 4.74 Å². The molecule has 0 radical (unpaired) electrons. The van der Waals surface area contributed by atoms with Crippen molar-refractivity contribution >= 4 is 17.3 Å². The van der Waals surface area contributed by atoms with Crippen molar-refractivity contribution in [1.29, 1.82) is 0 Å². The molecular formula is C16H25ClN2O. The molecular weight excluding hydrogens is 272 g/mol. The van der Waals surface area contributed by atoms with E-state index in [0.717, 1.165) is 37.5 Å². The van der Waals surface area contributed by atoms with Crippen LogP contribution in [-0.2, 0) is 4.74 Å². The van der Waals surface area contributed by atoms with Gasteiger partial charge in [-0.3, -0.25) is 4.90 Å². The second-order valence-corrected chi connectivity index (χ2v) is 6.32. The number of para-hydroxylation sites is 1. The van der Waals surface area contributed by atoms with E-state index in [2.05, 4.69) is 36.2 Å². The average Bonchev–Trinajstić information content (AvgIpc) is 2.45. The van der Waals surface area contributed by atoms with Gasteiger partial charge in [-0.05, 0) is 32.4 Å². The van der Waals surface area contributed by atoms with Gasteiger partial charge in [0.15, 0.2) is 0 Å². The molecule has 3 nitrogen and oxygen atoms in total. The Morgan fingerprint density at radius 1 is 1.35 bits per heavy atom. The Kier molecular flexibility index (Phi) is 5.70. The van der Waals surface area contributed by atoms with Gasteiger partial charge in [0.1, 0.15) is 0 Å². The predicted molar refractivity (Wildman–Crippen MR) is 85.6 cm³/mol. The monoisotopic (exact) mass is 296 g/mol. The number of nitrogens with zero attached hydrogens (tertiary/aromatic N) is 1. The summed E-state index contributed by atoms with van der Waals surface area (Å²) in [7, 11) is 0. The number of nitrogens with one attached hydrogen (secondary N) is 1. The van der Waals surface area contributed by atoms with Gasteiger partial charge < -0.3 is 10.1 Å². The molecule has 0 aliphatic carbocycles. The predicted octanol–water partition coefficient (Wildman–Crippen LogP) is 3.51. The molecule has 1 fully saturated rings. The van der Waals surface area contributed by atoms with E-state index in [1.165, 1.54) is 0 Å². The molecule has 0 spiro atoms. The zero-order chi connectivity index (χ0) is 14.5. The molecule has 1 aromatic rings. The van der Waals surface area contributed by atoms with Crippen molar-refractivity contribution in [3.05, 3.63) is 29.8 Å². The largest absolute Gasteiger partial charge is 0.382 e. The van der Waals surface area contributed by atoms with Gasteiger partial charge in [0.05, 0.1) is 18.1 Å². The van der Waals surface area contributed by atoms with E-state index in [-0.39, 0.29) is 11.5 Å². The maximum absolute atomic E-state index is 6.22. The second kappa shape index (κ2) is 7.30. The van der Waals surface area contributed by atoms with Crippen molar-refractivity contribution in [3.63, 3.8) is 0 Å². The third-order valence-electron chi connectivity index (χ3n) is 3.81. The fourth-order valence-corrected chi connectivity index (χ4v) is 2.75. The molecule has 1 aliphatic rings. The summed E-state index contributed by atoms with van der Waals surface area (Å²) < 4.78 is 5.84. The Hall–Kier alpha value is -0.770. The van der Waals surface area contributed by atoms with Crippen molar-refractivity contribution in [2.24, 2.45) is 0 Å². The first kappa shape index (κ1) is 15.6. The zero-order valence-electron chi connectivity index (χ0n) is 12.6. The van der Waals surface area contributed by atoms with E-state index in [9.17, 15) is 0 Å². The highest BCUT2D eigenvalue weighted by Crippen LogP contribution is 2.27. The molecule has 2 rings (SSSR count). The summed E-state index contributed by atoms with van der Waals surface area (Å²) in [5.74, 6) is 0. The Labute approximate surface area is 127 Å². The maximum Gasteiger partial charge on any atom is 0.0874 e. The first-order chi connectivity index (χ1) is 9.58. The standard InChI is InChI=1S/C16H25ClN2O/c1-12(2)19-8-9-20-14(11-19)10-18-16-7-5-4-6-15(16)13(3)17/h4-7,12-14,18H,8-11H2,1-3H3. The Balaban J connectivity index is 1.92. The minimum atomic E-state index is 0.0122. The number of morpholine rings is 1. The highest BCUT2D eigenvalue weighted by atomic mass is 35.5. The summed E-state index contributed by atoms with van der Waals surface area (Å²) in [6, 6.07) is 8.79. The molecule has 0 saturated carbocycles. The molecule has 112 valence electrons. The first-order valence-corrected chi connectivity index (χ1v) is 7.84. The van der Waals surface area contributed by atoms with Gasteiger partial charge in [-0.1, -0.05) is 18.2 Å². The summed E-state index contributed by atoms with van der Waals surface area (Å²) >= 11 is 6.22. The van der Waals surface area contributed by atoms with E-state index < -0.39 is 0 Å². The molecule has 1 heterocycles. The Morgan fingerprint density at radius 3 is 2.80 bits per heavy atom. The highest BCUT2D eigenvalue weighted by Gasteiger charge is 2.22. The van der Waals surface area contributed by atoms with E-state index in [4.69, 9.17) is 16.3 Å². The molecule has 0 aromatic heterocycles.